The average Bonchev–Trinajstić information content (AvgIpc) is 3.27. The van der Waals surface area contributed by atoms with Crippen molar-refractivity contribution in [3.63, 3.8) is 0 Å². The predicted octanol–water partition coefficient (Wildman–Crippen LogP) is 1.95. The highest BCUT2D eigenvalue weighted by molar-refractivity contribution is 7.14. The number of hydrogen-bond donors (Lipinski definition) is 2. The molecule has 0 aliphatic carbocycles. The van der Waals surface area contributed by atoms with Gasteiger partial charge < -0.3 is 10.6 Å². The van der Waals surface area contributed by atoms with E-state index in [0.29, 0.717) is 36.9 Å². The van der Waals surface area contributed by atoms with E-state index in [1.54, 1.807) is 22.4 Å². The maximum Gasteiger partial charge on any atom is 0.269 e. The number of nitrogens with one attached hydrogen (secondary N) is 2. The number of benzene rings is 1. The van der Waals surface area contributed by atoms with E-state index in [1.807, 2.05) is 0 Å². The molecule has 2 amide bonds. The summed E-state index contributed by atoms with van der Waals surface area (Å²) in [6, 6.07) is 6.09. The Balaban J connectivity index is 1.39. The van der Waals surface area contributed by atoms with Crippen LogP contribution in [0.15, 0.2) is 29.6 Å². The van der Waals surface area contributed by atoms with E-state index in [2.05, 4.69) is 15.6 Å². The molecule has 9 nitrogen and oxygen atoms in total. The molecule has 142 valence electrons. The molecule has 0 unspecified atom stereocenters. The van der Waals surface area contributed by atoms with Crippen molar-refractivity contribution in [3.05, 3.63) is 45.5 Å². The molecule has 2 heterocycles. The van der Waals surface area contributed by atoms with Crippen LogP contribution in [0.25, 0.3) is 0 Å². The van der Waals surface area contributed by atoms with E-state index in [9.17, 15) is 19.7 Å². The standard InChI is InChI=1S/C17H19N5O4S/c23-15(10-13-11-27-17(20-13)21-9-1-2-16(21)24)19-8-7-18-12-3-5-14(6-4-12)22(25)26/h3-6,11,18H,1-2,7-10H2,(H,19,23). The SMILES string of the molecule is O=C(Cc1csc(N2CCCC2=O)n1)NCCNc1ccc([N+](=O)[O-])cc1. The van der Waals surface area contributed by atoms with Gasteiger partial charge in [-0.05, 0) is 18.6 Å². The zero-order valence-corrected chi connectivity index (χ0v) is 15.3. The Morgan fingerprint density at radius 2 is 2.07 bits per heavy atom. The normalized spacial score (nSPS) is 13.6. The fourth-order valence-corrected chi connectivity index (χ4v) is 3.56. The highest BCUT2D eigenvalue weighted by Gasteiger charge is 2.24. The van der Waals surface area contributed by atoms with Crippen molar-refractivity contribution in [1.82, 2.24) is 10.3 Å². The van der Waals surface area contributed by atoms with Crippen molar-refractivity contribution in [2.75, 3.05) is 29.9 Å². The summed E-state index contributed by atoms with van der Waals surface area (Å²) in [7, 11) is 0. The molecule has 1 fully saturated rings. The number of non-ortho nitro benzene ring substituents is 1. The fraction of sp³-hybridized carbons (Fsp3) is 0.353. The lowest BCUT2D eigenvalue weighted by Gasteiger charge is -2.10. The first-order chi connectivity index (χ1) is 13.0. The number of carbonyl (C=O) groups is 2. The Morgan fingerprint density at radius 1 is 1.30 bits per heavy atom. The smallest absolute Gasteiger partial charge is 0.269 e. The lowest BCUT2D eigenvalue weighted by atomic mass is 10.3. The Kier molecular flexibility index (Phi) is 5.97. The quantitative estimate of drug-likeness (QED) is 0.405. The van der Waals surface area contributed by atoms with Crippen molar-refractivity contribution in [2.24, 2.45) is 0 Å². The minimum atomic E-state index is -0.451. The molecule has 3 rings (SSSR count). The molecule has 1 aromatic carbocycles. The van der Waals surface area contributed by atoms with Gasteiger partial charge in [-0.1, -0.05) is 0 Å². The van der Waals surface area contributed by atoms with Gasteiger partial charge in [-0.25, -0.2) is 4.98 Å². The molecule has 0 spiro atoms. The molecule has 1 aliphatic heterocycles. The zero-order valence-electron chi connectivity index (χ0n) is 14.5. The summed E-state index contributed by atoms with van der Waals surface area (Å²) in [5, 5.41) is 18.9. The summed E-state index contributed by atoms with van der Waals surface area (Å²) < 4.78 is 0. The monoisotopic (exact) mass is 389 g/mol. The Labute approximate surface area is 159 Å². The van der Waals surface area contributed by atoms with Gasteiger partial charge in [0.25, 0.3) is 5.69 Å². The molecule has 1 aliphatic rings. The molecule has 0 atom stereocenters. The van der Waals surface area contributed by atoms with E-state index in [1.165, 1.54) is 23.5 Å². The number of nitrogens with zero attached hydrogens (tertiary/aromatic N) is 3. The molecule has 27 heavy (non-hydrogen) atoms. The van der Waals surface area contributed by atoms with Gasteiger partial charge in [0.05, 0.1) is 17.0 Å². The summed E-state index contributed by atoms with van der Waals surface area (Å²) in [5.41, 5.74) is 1.43. The summed E-state index contributed by atoms with van der Waals surface area (Å²) in [6.07, 6.45) is 1.56. The van der Waals surface area contributed by atoms with Crippen LogP contribution in [-0.2, 0) is 16.0 Å². The Morgan fingerprint density at radius 3 is 2.74 bits per heavy atom. The van der Waals surface area contributed by atoms with Gasteiger partial charge in [-0.3, -0.25) is 24.6 Å². The molecule has 2 N–H and O–H groups in total. The second-order valence-corrected chi connectivity index (χ2v) is 6.86. The van der Waals surface area contributed by atoms with Crippen molar-refractivity contribution in [1.29, 1.82) is 0 Å². The molecule has 0 bridgehead atoms. The second kappa shape index (κ2) is 8.58. The van der Waals surface area contributed by atoms with Gasteiger partial charge in [-0.2, -0.15) is 0 Å². The third kappa shape index (κ3) is 5.00. The van der Waals surface area contributed by atoms with Gasteiger partial charge in [0.2, 0.25) is 11.8 Å². The molecular formula is C17H19N5O4S. The molecule has 10 heteroatoms. The lowest BCUT2D eigenvalue weighted by molar-refractivity contribution is -0.384. The van der Waals surface area contributed by atoms with Crippen molar-refractivity contribution < 1.29 is 14.5 Å². The number of thiazole rings is 1. The van der Waals surface area contributed by atoms with Gasteiger partial charge in [0, 0.05) is 49.3 Å². The zero-order chi connectivity index (χ0) is 19.2. The highest BCUT2D eigenvalue weighted by Crippen LogP contribution is 2.25. The topological polar surface area (TPSA) is 117 Å². The van der Waals surface area contributed by atoms with Gasteiger partial charge in [0.15, 0.2) is 5.13 Å². The molecule has 0 saturated carbocycles. The summed E-state index contributed by atoms with van der Waals surface area (Å²) >= 11 is 1.38. The van der Waals surface area contributed by atoms with Crippen LogP contribution in [0.1, 0.15) is 18.5 Å². The van der Waals surface area contributed by atoms with Crippen molar-refractivity contribution in [2.45, 2.75) is 19.3 Å². The first-order valence-electron chi connectivity index (χ1n) is 8.53. The van der Waals surface area contributed by atoms with Crippen LogP contribution < -0.4 is 15.5 Å². The molecule has 2 aromatic rings. The lowest BCUT2D eigenvalue weighted by Crippen LogP contribution is -2.30. The van der Waals surface area contributed by atoms with E-state index in [-0.39, 0.29) is 23.9 Å². The fourth-order valence-electron chi connectivity index (χ4n) is 2.69. The largest absolute Gasteiger partial charge is 0.383 e. The number of amides is 2. The minimum absolute atomic E-state index is 0.0344. The third-order valence-electron chi connectivity index (χ3n) is 4.04. The minimum Gasteiger partial charge on any atom is -0.383 e. The molecular weight excluding hydrogens is 370 g/mol. The molecule has 1 aromatic heterocycles. The van der Waals surface area contributed by atoms with E-state index < -0.39 is 4.92 Å². The summed E-state index contributed by atoms with van der Waals surface area (Å²) in [5.74, 6) is -0.0669. The predicted molar refractivity (Wildman–Crippen MR) is 102 cm³/mol. The van der Waals surface area contributed by atoms with E-state index in [4.69, 9.17) is 0 Å². The number of anilines is 2. The average molecular weight is 389 g/mol. The van der Waals surface area contributed by atoms with Crippen LogP contribution in [0.5, 0.6) is 0 Å². The number of nitro groups is 1. The van der Waals surface area contributed by atoms with Crippen LogP contribution in [0.2, 0.25) is 0 Å². The number of rotatable bonds is 8. The van der Waals surface area contributed by atoms with Crippen LogP contribution >= 0.6 is 11.3 Å². The second-order valence-electron chi connectivity index (χ2n) is 6.03. The van der Waals surface area contributed by atoms with Crippen LogP contribution in [0.4, 0.5) is 16.5 Å². The maximum atomic E-state index is 12.0. The number of hydrogen-bond acceptors (Lipinski definition) is 7. The first kappa shape index (κ1) is 18.8. The maximum absolute atomic E-state index is 12.0. The Hall–Kier alpha value is -3.01. The van der Waals surface area contributed by atoms with Gasteiger partial charge in [-0.15, -0.1) is 11.3 Å². The van der Waals surface area contributed by atoms with Crippen LogP contribution in [0.3, 0.4) is 0 Å². The van der Waals surface area contributed by atoms with Gasteiger partial charge >= 0.3 is 0 Å². The molecule has 0 radical (unpaired) electrons. The van der Waals surface area contributed by atoms with Crippen molar-refractivity contribution >= 4 is 39.7 Å². The van der Waals surface area contributed by atoms with Crippen molar-refractivity contribution in [3.8, 4) is 0 Å². The number of nitro benzene ring substituents is 1. The van der Waals surface area contributed by atoms with E-state index in [0.717, 1.165) is 12.1 Å². The summed E-state index contributed by atoms with van der Waals surface area (Å²) in [6.45, 7) is 1.60. The third-order valence-corrected chi connectivity index (χ3v) is 4.95. The highest BCUT2D eigenvalue weighted by atomic mass is 32.1. The molecule has 1 saturated heterocycles. The van der Waals surface area contributed by atoms with Gasteiger partial charge in [0.1, 0.15) is 0 Å². The van der Waals surface area contributed by atoms with E-state index >= 15 is 0 Å². The van der Waals surface area contributed by atoms with Crippen LogP contribution in [0, 0.1) is 10.1 Å². The first-order valence-corrected chi connectivity index (χ1v) is 9.40. The summed E-state index contributed by atoms with van der Waals surface area (Å²) in [4.78, 5) is 39.9. The number of carbonyl (C=O) groups excluding carboxylic acids is 2. The Bertz CT molecular complexity index is 836. The number of aromatic nitrogens is 1. The van der Waals surface area contributed by atoms with Crippen LogP contribution in [-0.4, -0.2) is 41.4 Å².